The minimum absolute atomic E-state index is 0.0215. The summed E-state index contributed by atoms with van der Waals surface area (Å²) in [6.07, 6.45) is 4.83. The Labute approximate surface area is 275 Å². The fourth-order valence-electron chi connectivity index (χ4n) is 6.13. The molecular weight excluding hydrogens is 622 g/mol. The van der Waals surface area contributed by atoms with Gasteiger partial charge in [0.05, 0.1) is 29.3 Å². The number of aromatic nitrogens is 2. The molecule has 1 saturated heterocycles. The minimum atomic E-state index is -4.39. The molecule has 1 unspecified atom stereocenters. The maximum absolute atomic E-state index is 14.5. The second kappa shape index (κ2) is 14.7. The van der Waals surface area contributed by atoms with Crippen LogP contribution in [0.2, 0.25) is 0 Å². The predicted molar refractivity (Wildman–Crippen MR) is 178 cm³/mol. The largest absolute Gasteiger partial charge is 0.496 e. The quantitative estimate of drug-likeness (QED) is 0.0755. The van der Waals surface area contributed by atoms with Gasteiger partial charge >= 0.3 is 0 Å². The Morgan fingerprint density at radius 2 is 1.94 bits per heavy atom. The number of rotatable bonds is 16. The highest BCUT2D eigenvalue weighted by atomic mass is 32.2. The number of para-hydroxylation sites is 1. The van der Waals surface area contributed by atoms with E-state index < -0.39 is 26.7 Å². The van der Waals surface area contributed by atoms with Crippen molar-refractivity contribution in [3.8, 4) is 17.1 Å². The molecule has 1 aliphatic rings. The van der Waals surface area contributed by atoms with E-state index in [1.807, 2.05) is 45.2 Å². The van der Waals surface area contributed by atoms with Gasteiger partial charge in [0, 0.05) is 55.7 Å². The van der Waals surface area contributed by atoms with Gasteiger partial charge in [-0.2, -0.15) is 4.31 Å². The van der Waals surface area contributed by atoms with Crippen molar-refractivity contribution in [1.29, 1.82) is 0 Å². The number of sulfonamides is 1. The summed E-state index contributed by atoms with van der Waals surface area (Å²) in [6.45, 7) is 5.26. The molecule has 2 aromatic heterocycles. The van der Waals surface area contributed by atoms with Gasteiger partial charge in [0.25, 0.3) is 15.7 Å². The van der Waals surface area contributed by atoms with Crippen molar-refractivity contribution in [2.75, 3.05) is 33.8 Å². The topological polar surface area (TPSA) is 149 Å². The SMILES string of the molecule is CCC(=O)CCCCCC(c1ncc(-c2cc3ccc(C)nc3cc2OC)o1)N(CC1CN(C)C1)S(=O)(=O)c1ccccc1[N+](=O)[O-]. The molecule has 3 heterocycles. The van der Waals surface area contributed by atoms with Crippen LogP contribution in [0, 0.1) is 23.0 Å². The van der Waals surface area contributed by atoms with E-state index in [2.05, 4.69) is 14.9 Å². The van der Waals surface area contributed by atoms with Crippen LogP contribution in [0.4, 0.5) is 5.69 Å². The number of carbonyl (C=O) groups is 1. The Balaban J connectivity index is 1.56. The van der Waals surface area contributed by atoms with Gasteiger partial charge in [0.15, 0.2) is 10.7 Å². The lowest BCUT2D eigenvalue weighted by Crippen LogP contribution is -2.51. The molecule has 0 spiro atoms. The highest BCUT2D eigenvalue weighted by Crippen LogP contribution is 2.39. The first kappa shape index (κ1) is 34.1. The number of oxazole rings is 1. The molecule has 0 bridgehead atoms. The van der Waals surface area contributed by atoms with Crippen molar-refractivity contribution < 1.29 is 27.3 Å². The molecule has 250 valence electrons. The Morgan fingerprint density at radius 1 is 1.17 bits per heavy atom. The van der Waals surface area contributed by atoms with Crippen molar-refractivity contribution >= 4 is 32.4 Å². The first-order valence-electron chi connectivity index (χ1n) is 15.9. The van der Waals surface area contributed by atoms with E-state index in [1.165, 1.54) is 28.6 Å². The molecule has 0 N–H and O–H groups in total. The zero-order valence-corrected chi connectivity index (χ0v) is 28.0. The zero-order chi connectivity index (χ0) is 33.7. The van der Waals surface area contributed by atoms with Crippen LogP contribution in [-0.2, 0) is 14.8 Å². The first-order chi connectivity index (χ1) is 22.5. The molecule has 0 amide bonds. The average molecular weight is 664 g/mol. The van der Waals surface area contributed by atoms with Crippen LogP contribution in [0.25, 0.3) is 22.2 Å². The van der Waals surface area contributed by atoms with Crippen LogP contribution < -0.4 is 4.74 Å². The molecule has 0 saturated carbocycles. The van der Waals surface area contributed by atoms with E-state index >= 15 is 0 Å². The van der Waals surface area contributed by atoms with E-state index in [0.29, 0.717) is 68.7 Å². The summed E-state index contributed by atoms with van der Waals surface area (Å²) in [7, 11) is -0.873. The molecule has 12 nitrogen and oxygen atoms in total. The van der Waals surface area contributed by atoms with Crippen LogP contribution in [0.1, 0.15) is 63.1 Å². The van der Waals surface area contributed by atoms with Crippen LogP contribution in [-0.4, -0.2) is 72.1 Å². The lowest BCUT2D eigenvalue weighted by molar-refractivity contribution is -0.387. The smallest absolute Gasteiger partial charge is 0.289 e. The maximum Gasteiger partial charge on any atom is 0.289 e. The number of benzene rings is 2. The molecule has 47 heavy (non-hydrogen) atoms. The predicted octanol–water partition coefficient (Wildman–Crippen LogP) is 6.34. The van der Waals surface area contributed by atoms with Crippen LogP contribution in [0.3, 0.4) is 0 Å². The summed E-state index contributed by atoms with van der Waals surface area (Å²) in [6, 6.07) is 12.2. The fraction of sp³-hybridized carbons (Fsp3) is 0.441. The molecule has 0 aliphatic carbocycles. The maximum atomic E-state index is 14.5. The Morgan fingerprint density at radius 3 is 2.64 bits per heavy atom. The first-order valence-corrected chi connectivity index (χ1v) is 17.3. The number of aryl methyl sites for hydroxylation is 1. The number of nitro groups is 1. The molecule has 13 heteroatoms. The lowest BCUT2D eigenvalue weighted by Gasteiger charge is -2.40. The number of nitro benzene ring substituents is 1. The van der Waals surface area contributed by atoms with Crippen molar-refractivity contribution in [3.05, 3.63) is 76.4 Å². The number of unbranched alkanes of at least 4 members (excludes halogenated alkanes) is 2. The van der Waals surface area contributed by atoms with Gasteiger partial charge in [-0.3, -0.25) is 19.9 Å². The number of ether oxygens (including phenoxy) is 1. The van der Waals surface area contributed by atoms with Gasteiger partial charge in [-0.05, 0) is 50.9 Å². The van der Waals surface area contributed by atoms with Crippen molar-refractivity contribution in [2.24, 2.45) is 5.92 Å². The molecular formula is C34H41N5O7S. The van der Waals surface area contributed by atoms with Crippen LogP contribution in [0.15, 0.2) is 64.0 Å². The molecule has 5 rings (SSSR count). The zero-order valence-electron chi connectivity index (χ0n) is 27.2. The number of nitrogens with zero attached hydrogens (tertiary/aromatic N) is 5. The highest BCUT2D eigenvalue weighted by molar-refractivity contribution is 7.89. The third kappa shape index (κ3) is 7.69. The van der Waals surface area contributed by atoms with Crippen molar-refractivity contribution in [1.82, 2.24) is 19.2 Å². The Bertz CT molecular complexity index is 1850. The second-order valence-corrected chi connectivity index (χ2v) is 14.0. The number of carbonyl (C=O) groups excluding carboxylic acids is 1. The molecule has 1 fully saturated rings. The van der Waals surface area contributed by atoms with Crippen LogP contribution >= 0.6 is 0 Å². The normalized spacial score (nSPS) is 14.7. The molecule has 1 aliphatic heterocycles. The average Bonchev–Trinajstić information content (AvgIpc) is 3.53. The van der Waals surface area contributed by atoms with E-state index in [9.17, 15) is 23.3 Å². The number of likely N-dealkylation sites (tertiary alicyclic amines) is 1. The van der Waals surface area contributed by atoms with E-state index in [4.69, 9.17) is 9.15 Å². The molecule has 2 aromatic carbocycles. The number of fused-ring (bicyclic) bond motifs is 1. The summed E-state index contributed by atoms with van der Waals surface area (Å²) in [5.41, 5.74) is 1.78. The molecule has 0 radical (unpaired) electrons. The summed E-state index contributed by atoms with van der Waals surface area (Å²) in [4.78, 5) is 34.1. The number of methoxy groups -OCH3 is 1. The van der Waals surface area contributed by atoms with Gasteiger partial charge in [0.1, 0.15) is 17.6 Å². The van der Waals surface area contributed by atoms with E-state index in [1.54, 1.807) is 13.3 Å². The fourth-order valence-corrected chi connectivity index (χ4v) is 7.98. The number of hydrogen-bond donors (Lipinski definition) is 0. The second-order valence-electron chi connectivity index (χ2n) is 12.2. The molecule has 1 atom stereocenters. The number of ketones is 1. The third-order valence-electron chi connectivity index (χ3n) is 8.63. The van der Waals surface area contributed by atoms with Gasteiger partial charge in [-0.15, -0.1) is 0 Å². The highest BCUT2D eigenvalue weighted by Gasteiger charge is 2.41. The lowest BCUT2D eigenvalue weighted by atomic mass is 10.00. The van der Waals surface area contributed by atoms with Gasteiger partial charge in [0.2, 0.25) is 5.89 Å². The van der Waals surface area contributed by atoms with Crippen LogP contribution in [0.5, 0.6) is 5.75 Å². The van der Waals surface area contributed by atoms with Gasteiger partial charge < -0.3 is 14.1 Å². The van der Waals surface area contributed by atoms with Crippen molar-refractivity contribution in [3.63, 3.8) is 0 Å². The third-order valence-corrected chi connectivity index (χ3v) is 10.5. The molecule has 4 aromatic rings. The van der Waals surface area contributed by atoms with Crippen molar-refractivity contribution in [2.45, 2.75) is 63.3 Å². The number of pyridine rings is 1. The summed E-state index contributed by atoms with van der Waals surface area (Å²) < 4.78 is 42.3. The Kier molecular flexibility index (Phi) is 10.7. The monoisotopic (exact) mass is 663 g/mol. The van der Waals surface area contributed by atoms with Gasteiger partial charge in [-0.25, -0.2) is 13.4 Å². The van der Waals surface area contributed by atoms with E-state index in [-0.39, 0.29) is 29.0 Å². The van der Waals surface area contributed by atoms with Gasteiger partial charge in [-0.1, -0.05) is 38.0 Å². The summed E-state index contributed by atoms with van der Waals surface area (Å²) in [5, 5.41) is 12.8. The minimum Gasteiger partial charge on any atom is -0.496 e. The number of Topliss-reactive ketones (excluding diaryl/α,β-unsaturated/α-hetero) is 1. The summed E-state index contributed by atoms with van der Waals surface area (Å²) >= 11 is 0. The number of hydrogen-bond acceptors (Lipinski definition) is 10. The Hall–Kier alpha value is -4.20. The summed E-state index contributed by atoms with van der Waals surface area (Å²) in [5.74, 6) is 1.31. The standard InChI is InChI=1S/C34H41N5O7S/c1-5-26(40)11-7-6-8-13-30(34-35-19-32(46-34)27-17-25-16-15-23(2)36-28(25)18-31(27)45-4)38(22-24-20-37(3)21-24)47(43,44)33-14-10-9-12-29(33)39(41)42/h9-10,12,14-19,24,30H,5-8,11,13,20-22H2,1-4H3. The van der Waals surface area contributed by atoms with E-state index in [0.717, 1.165) is 16.6 Å².